The molecule has 0 unspecified atom stereocenters. The van der Waals surface area contributed by atoms with Gasteiger partial charge in [-0.3, -0.25) is 0 Å². The van der Waals surface area contributed by atoms with Gasteiger partial charge in [0.2, 0.25) is 0 Å². The van der Waals surface area contributed by atoms with Crippen LogP contribution >= 0.6 is 0 Å². The summed E-state index contributed by atoms with van der Waals surface area (Å²) in [6.07, 6.45) is -8.92. The van der Waals surface area contributed by atoms with Gasteiger partial charge in [-0.25, -0.2) is 0 Å². The highest BCUT2D eigenvalue weighted by Gasteiger charge is 2.33. The normalized spacial score (nSPS) is 14.7. The van der Waals surface area contributed by atoms with Gasteiger partial charge in [0.05, 0.1) is 5.57 Å². The fourth-order valence-corrected chi connectivity index (χ4v) is 0.529. The first-order valence-electron chi connectivity index (χ1n) is 3.52. The van der Waals surface area contributed by atoms with Gasteiger partial charge in [0, 0.05) is 11.8 Å². The molecule has 0 fully saturated rings. The van der Waals surface area contributed by atoms with Gasteiger partial charge in [-0.2, -0.15) is 26.3 Å². The minimum absolute atomic E-state index is 0.181. The fraction of sp³-hybridized carbons (Fsp3) is 0.250. The lowest BCUT2D eigenvalue weighted by atomic mass is 10.2. The Morgan fingerprint density at radius 1 is 0.933 bits per heavy atom. The summed E-state index contributed by atoms with van der Waals surface area (Å²) in [5.41, 5.74) is 1.86. The highest BCUT2D eigenvalue weighted by atomic mass is 19.4. The third-order valence-corrected chi connectivity index (χ3v) is 1.34. The molecule has 7 heteroatoms. The van der Waals surface area contributed by atoms with Crippen LogP contribution in [0.15, 0.2) is 36.1 Å². The maximum Gasteiger partial charge on any atom is 0.417 e. The van der Waals surface area contributed by atoms with Gasteiger partial charge >= 0.3 is 12.4 Å². The molecule has 0 aromatic heterocycles. The van der Waals surface area contributed by atoms with Crippen molar-refractivity contribution in [3.05, 3.63) is 36.1 Å². The summed E-state index contributed by atoms with van der Waals surface area (Å²) in [6, 6.07) is 0. The zero-order valence-corrected chi connectivity index (χ0v) is 7.28. The Morgan fingerprint density at radius 3 is 1.67 bits per heavy atom. The lowest BCUT2D eigenvalue weighted by Gasteiger charge is -2.08. The van der Waals surface area contributed by atoms with Crippen LogP contribution in [0.25, 0.3) is 0 Å². The van der Waals surface area contributed by atoms with Crippen molar-refractivity contribution in [3.63, 3.8) is 0 Å². The van der Waals surface area contributed by atoms with E-state index in [0.717, 1.165) is 0 Å². The molecule has 0 saturated carbocycles. The van der Waals surface area contributed by atoms with Crippen molar-refractivity contribution in [2.75, 3.05) is 0 Å². The molecule has 0 radical (unpaired) electrons. The second kappa shape index (κ2) is 4.41. The lowest BCUT2D eigenvalue weighted by Crippen LogP contribution is -2.13. The maximum atomic E-state index is 12.0. The Kier molecular flexibility index (Phi) is 4.00. The molecule has 2 N–H and O–H groups in total. The van der Waals surface area contributed by atoms with E-state index in [9.17, 15) is 26.3 Å². The maximum absolute atomic E-state index is 12.0. The van der Waals surface area contributed by atoms with Crippen LogP contribution in [-0.2, 0) is 0 Å². The third-order valence-electron chi connectivity index (χ3n) is 1.34. The predicted molar refractivity (Wildman–Crippen MR) is 42.7 cm³/mol. The summed E-state index contributed by atoms with van der Waals surface area (Å²) in [5, 5.41) is 0. The van der Waals surface area contributed by atoms with Crippen molar-refractivity contribution < 1.29 is 26.3 Å². The second-order valence-electron chi connectivity index (χ2n) is 2.48. The molecule has 0 aliphatic heterocycles. The smallest absolute Gasteiger partial charge is 0.404 e. The summed E-state index contributed by atoms with van der Waals surface area (Å²) in [4.78, 5) is 0. The van der Waals surface area contributed by atoms with Crippen molar-refractivity contribution in [2.24, 2.45) is 5.73 Å². The Hall–Kier alpha value is -1.40. The molecule has 0 aromatic carbocycles. The van der Waals surface area contributed by atoms with E-state index >= 15 is 0 Å². The second-order valence-corrected chi connectivity index (χ2v) is 2.48. The Bertz CT molecular complexity index is 293. The molecule has 0 saturated heterocycles. The molecule has 1 nitrogen and oxygen atoms in total. The predicted octanol–water partition coefficient (Wildman–Crippen LogP) is 3.07. The monoisotopic (exact) mass is 231 g/mol. The largest absolute Gasteiger partial charge is 0.417 e. The van der Waals surface area contributed by atoms with E-state index in [1.165, 1.54) is 0 Å². The van der Waals surface area contributed by atoms with Gasteiger partial charge in [0.25, 0.3) is 0 Å². The SMILES string of the molecule is C=C(/C=C\C(=C/N)C(F)(F)F)C(F)(F)F. The first kappa shape index (κ1) is 13.6. The van der Waals surface area contributed by atoms with E-state index in [1.807, 2.05) is 0 Å². The molecule has 0 bridgehead atoms. The Morgan fingerprint density at radius 2 is 1.40 bits per heavy atom. The zero-order chi connectivity index (χ0) is 12.3. The lowest BCUT2D eigenvalue weighted by molar-refractivity contribution is -0.0907. The van der Waals surface area contributed by atoms with Gasteiger partial charge in [0.15, 0.2) is 0 Å². The van der Waals surface area contributed by atoms with E-state index in [0.29, 0.717) is 0 Å². The molecule has 0 heterocycles. The highest BCUT2D eigenvalue weighted by molar-refractivity contribution is 5.30. The quantitative estimate of drug-likeness (QED) is 0.573. The number of hydrogen-bond donors (Lipinski definition) is 1. The van der Waals surface area contributed by atoms with Gasteiger partial charge < -0.3 is 5.73 Å². The van der Waals surface area contributed by atoms with Gasteiger partial charge in [0.1, 0.15) is 0 Å². The minimum atomic E-state index is -4.78. The van der Waals surface area contributed by atoms with E-state index in [2.05, 4.69) is 12.3 Å². The first-order chi connectivity index (χ1) is 6.59. The summed E-state index contributed by atoms with van der Waals surface area (Å²) in [7, 11) is 0. The molecule has 0 atom stereocenters. The molecule has 0 aliphatic carbocycles. The Labute approximate surface area is 81.6 Å². The first-order valence-corrected chi connectivity index (χ1v) is 3.52. The van der Waals surface area contributed by atoms with Crippen LogP contribution in [0.5, 0.6) is 0 Å². The fourth-order valence-electron chi connectivity index (χ4n) is 0.529. The molecule has 0 aromatic rings. The average Bonchev–Trinajstić information content (AvgIpc) is 2.00. The summed E-state index contributed by atoms with van der Waals surface area (Å²) in [5.74, 6) is 0. The van der Waals surface area contributed by atoms with Crippen LogP contribution in [-0.4, -0.2) is 12.4 Å². The molecule has 86 valence electrons. The van der Waals surface area contributed by atoms with Crippen LogP contribution < -0.4 is 5.73 Å². The van der Waals surface area contributed by atoms with Crippen molar-refractivity contribution >= 4 is 0 Å². The molecule has 15 heavy (non-hydrogen) atoms. The topological polar surface area (TPSA) is 26.0 Å². The van der Waals surface area contributed by atoms with E-state index < -0.39 is 23.5 Å². The third kappa shape index (κ3) is 4.57. The van der Waals surface area contributed by atoms with Crippen molar-refractivity contribution in [1.82, 2.24) is 0 Å². The van der Waals surface area contributed by atoms with Crippen LogP contribution in [0.1, 0.15) is 0 Å². The van der Waals surface area contributed by atoms with Crippen LogP contribution in [0, 0.1) is 0 Å². The van der Waals surface area contributed by atoms with Crippen molar-refractivity contribution in [3.8, 4) is 0 Å². The summed E-state index contributed by atoms with van der Waals surface area (Å²) >= 11 is 0. The number of allylic oxidation sites excluding steroid dienone is 4. The van der Waals surface area contributed by atoms with Gasteiger partial charge in [-0.05, 0) is 12.2 Å². The molecule has 0 rings (SSSR count). The molecule has 0 spiro atoms. The number of nitrogens with two attached hydrogens (primary N) is 1. The standard InChI is InChI=1S/C8H7F6N/c1-5(7(9,10)11)2-3-6(4-15)8(12,13)14/h2-4H,1,15H2/b3-2-,6-4+. The van der Waals surface area contributed by atoms with Crippen molar-refractivity contribution in [2.45, 2.75) is 12.4 Å². The van der Waals surface area contributed by atoms with E-state index in [4.69, 9.17) is 0 Å². The Balaban J connectivity index is 4.75. The molecule has 0 aliphatic rings. The zero-order valence-electron chi connectivity index (χ0n) is 7.28. The molecular weight excluding hydrogens is 224 g/mol. The summed E-state index contributed by atoms with van der Waals surface area (Å²) < 4.78 is 71.3. The number of halogens is 6. The molecular formula is C8H7F6N. The average molecular weight is 231 g/mol. The van der Waals surface area contributed by atoms with Crippen LogP contribution in [0.3, 0.4) is 0 Å². The van der Waals surface area contributed by atoms with Crippen LogP contribution in [0.4, 0.5) is 26.3 Å². The van der Waals surface area contributed by atoms with Crippen LogP contribution in [0.2, 0.25) is 0 Å². The van der Waals surface area contributed by atoms with Gasteiger partial charge in [-0.15, -0.1) is 0 Å². The number of hydrogen-bond acceptors (Lipinski definition) is 1. The molecule has 0 amide bonds. The highest BCUT2D eigenvalue weighted by Crippen LogP contribution is 2.29. The van der Waals surface area contributed by atoms with E-state index in [1.54, 1.807) is 0 Å². The number of rotatable bonds is 2. The van der Waals surface area contributed by atoms with E-state index in [-0.39, 0.29) is 18.4 Å². The van der Waals surface area contributed by atoms with Crippen molar-refractivity contribution in [1.29, 1.82) is 0 Å². The number of alkyl halides is 6. The minimum Gasteiger partial charge on any atom is -0.404 e. The van der Waals surface area contributed by atoms with Gasteiger partial charge in [-0.1, -0.05) is 6.58 Å². The summed E-state index contributed by atoms with van der Waals surface area (Å²) in [6.45, 7) is 2.57.